The first kappa shape index (κ1) is 20.7. The summed E-state index contributed by atoms with van der Waals surface area (Å²) in [4.78, 5) is 19.3. The molecule has 4 rings (SSSR count). The zero-order valence-electron chi connectivity index (χ0n) is 17.7. The molecule has 1 aliphatic heterocycles. The summed E-state index contributed by atoms with van der Waals surface area (Å²) >= 11 is 0. The normalized spacial score (nSPS) is 15.7. The van der Waals surface area contributed by atoms with Crippen molar-refractivity contribution in [2.45, 2.75) is 45.8 Å². The Balaban J connectivity index is 1.30. The number of hydrogen-bond donors (Lipinski definition) is 1. The average molecular weight is 409 g/mol. The van der Waals surface area contributed by atoms with Crippen LogP contribution in [0.2, 0.25) is 0 Å². The third-order valence-electron chi connectivity index (χ3n) is 6.02. The van der Waals surface area contributed by atoms with E-state index >= 15 is 0 Å². The molecule has 1 aromatic carbocycles. The lowest BCUT2D eigenvalue weighted by Gasteiger charge is -2.32. The molecule has 3 aromatic rings. The summed E-state index contributed by atoms with van der Waals surface area (Å²) in [7, 11) is 0. The topological polar surface area (TPSA) is 50.2 Å². The van der Waals surface area contributed by atoms with E-state index in [4.69, 9.17) is 0 Å². The number of nitrogens with zero attached hydrogens (tertiary/aromatic N) is 3. The highest BCUT2D eigenvalue weighted by Gasteiger charge is 2.19. The molecule has 1 fully saturated rings. The van der Waals surface area contributed by atoms with Gasteiger partial charge in [-0.15, -0.1) is 0 Å². The predicted octanol–water partition coefficient (Wildman–Crippen LogP) is 3.41. The third kappa shape index (κ3) is 4.77. The van der Waals surface area contributed by atoms with Crippen LogP contribution in [-0.2, 0) is 13.1 Å². The number of fused-ring (bicyclic) bond motifs is 1. The molecule has 0 amide bonds. The van der Waals surface area contributed by atoms with Crippen LogP contribution in [-0.4, -0.2) is 40.1 Å². The van der Waals surface area contributed by atoms with Gasteiger partial charge in [0, 0.05) is 37.9 Å². The second-order valence-electron chi connectivity index (χ2n) is 8.32. The van der Waals surface area contributed by atoms with E-state index in [9.17, 15) is 9.18 Å². The second-order valence-corrected chi connectivity index (χ2v) is 8.32. The number of aryl methyl sites for hydroxylation is 2. The van der Waals surface area contributed by atoms with Crippen molar-refractivity contribution in [3.05, 3.63) is 75.5 Å². The first-order valence-corrected chi connectivity index (χ1v) is 10.7. The number of aromatic nitrogens is 2. The van der Waals surface area contributed by atoms with Gasteiger partial charge in [-0.05, 0) is 74.7 Å². The molecular weight excluding hydrogens is 379 g/mol. The molecule has 0 unspecified atom stereocenters. The Hall–Kier alpha value is -2.57. The molecule has 0 aliphatic carbocycles. The number of rotatable bonds is 6. The third-order valence-corrected chi connectivity index (χ3v) is 6.02. The number of benzene rings is 1. The van der Waals surface area contributed by atoms with Crippen LogP contribution in [0.15, 0.2) is 47.4 Å². The first-order chi connectivity index (χ1) is 14.5. The number of pyridine rings is 2. The van der Waals surface area contributed by atoms with Crippen molar-refractivity contribution in [1.29, 1.82) is 0 Å². The van der Waals surface area contributed by atoms with Crippen LogP contribution in [0, 0.1) is 19.7 Å². The average Bonchev–Trinajstić information content (AvgIpc) is 2.74. The van der Waals surface area contributed by atoms with E-state index in [1.807, 2.05) is 35.9 Å². The minimum atomic E-state index is -0.150. The molecule has 0 atom stereocenters. The maximum absolute atomic E-state index is 13.4. The van der Waals surface area contributed by atoms with Gasteiger partial charge in [0.1, 0.15) is 5.82 Å². The number of likely N-dealkylation sites (tertiary alicyclic amines) is 1. The van der Waals surface area contributed by atoms with Crippen LogP contribution in [0.3, 0.4) is 0 Å². The van der Waals surface area contributed by atoms with E-state index in [2.05, 4.69) is 15.2 Å². The monoisotopic (exact) mass is 408 g/mol. The summed E-state index contributed by atoms with van der Waals surface area (Å²) in [5, 5.41) is 3.61. The van der Waals surface area contributed by atoms with Gasteiger partial charge in [-0.2, -0.15) is 0 Å². The summed E-state index contributed by atoms with van der Waals surface area (Å²) < 4.78 is 15.3. The Morgan fingerprint density at radius 1 is 1.10 bits per heavy atom. The van der Waals surface area contributed by atoms with Gasteiger partial charge in [0.25, 0.3) is 5.56 Å². The van der Waals surface area contributed by atoms with Crippen molar-refractivity contribution in [2.75, 3.05) is 19.6 Å². The van der Waals surface area contributed by atoms with Crippen LogP contribution < -0.4 is 10.9 Å². The lowest BCUT2D eigenvalue weighted by Crippen LogP contribution is -2.43. The molecule has 0 saturated carbocycles. The molecule has 3 heterocycles. The van der Waals surface area contributed by atoms with Crippen molar-refractivity contribution >= 4 is 11.0 Å². The molecule has 0 spiro atoms. The summed E-state index contributed by atoms with van der Waals surface area (Å²) in [6, 6.07) is 11.2. The fourth-order valence-electron chi connectivity index (χ4n) is 4.18. The maximum atomic E-state index is 13.4. The van der Waals surface area contributed by atoms with E-state index in [1.54, 1.807) is 25.1 Å². The molecule has 1 aliphatic rings. The van der Waals surface area contributed by atoms with Crippen molar-refractivity contribution in [1.82, 2.24) is 19.8 Å². The molecule has 2 aromatic heterocycles. The molecule has 0 bridgehead atoms. The van der Waals surface area contributed by atoms with Gasteiger partial charge in [0.15, 0.2) is 0 Å². The molecule has 158 valence electrons. The van der Waals surface area contributed by atoms with Crippen LogP contribution in [0.1, 0.15) is 29.5 Å². The standard InChI is InChI=1S/C24H29FN4O/c1-17-13-23-22(27-15-17)5-6-24(30)29(23)12-11-28-9-7-20(8-10-28)26-16-19-3-4-21(25)18(2)14-19/h3-6,13-15,20,26H,7-12,16H2,1-2H3. The van der Waals surface area contributed by atoms with E-state index in [1.165, 1.54) is 0 Å². The van der Waals surface area contributed by atoms with Crippen molar-refractivity contribution in [3.8, 4) is 0 Å². The molecule has 5 nitrogen and oxygen atoms in total. The Bertz CT molecular complexity index is 1090. The smallest absolute Gasteiger partial charge is 0.251 e. The quantitative estimate of drug-likeness (QED) is 0.679. The summed E-state index contributed by atoms with van der Waals surface area (Å²) in [6.45, 7) is 8.12. The zero-order valence-corrected chi connectivity index (χ0v) is 17.7. The first-order valence-electron chi connectivity index (χ1n) is 10.7. The Morgan fingerprint density at radius 3 is 2.67 bits per heavy atom. The van der Waals surface area contributed by atoms with Gasteiger partial charge < -0.3 is 14.8 Å². The van der Waals surface area contributed by atoms with Crippen molar-refractivity contribution in [2.24, 2.45) is 0 Å². The van der Waals surface area contributed by atoms with Gasteiger partial charge in [0.05, 0.1) is 11.0 Å². The summed E-state index contributed by atoms with van der Waals surface area (Å²) in [5.74, 6) is -0.150. The van der Waals surface area contributed by atoms with Gasteiger partial charge in [-0.3, -0.25) is 9.78 Å². The Kier molecular flexibility index (Phi) is 6.25. The van der Waals surface area contributed by atoms with Crippen LogP contribution in [0.25, 0.3) is 11.0 Å². The number of piperidine rings is 1. The summed E-state index contributed by atoms with van der Waals surface area (Å²) in [6.07, 6.45) is 3.98. The highest BCUT2D eigenvalue weighted by molar-refractivity contribution is 5.74. The van der Waals surface area contributed by atoms with Gasteiger partial charge in [-0.1, -0.05) is 12.1 Å². The van der Waals surface area contributed by atoms with Gasteiger partial charge >= 0.3 is 0 Å². The maximum Gasteiger partial charge on any atom is 0.251 e. The molecular formula is C24H29FN4O. The minimum absolute atomic E-state index is 0.0287. The van der Waals surface area contributed by atoms with E-state index < -0.39 is 0 Å². The SMILES string of the molecule is Cc1cnc2ccc(=O)n(CCN3CCC(NCc4ccc(F)c(C)c4)CC3)c2c1. The van der Waals surface area contributed by atoms with E-state index in [0.717, 1.165) is 61.2 Å². The van der Waals surface area contributed by atoms with Crippen LogP contribution in [0.5, 0.6) is 0 Å². The zero-order chi connectivity index (χ0) is 21.1. The number of nitrogens with one attached hydrogen (secondary N) is 1. The molecule has 30 heavy (non-hydrogen) atoms. The Morgan fingerprint density at radius 2 is 1.90 bits per heavy atom. The highest BCUT2D eigenvalue weighted by atomic mass is 19.1. The predicted molar refractivity (Wildman–Crippen MR) is 118 cm³/mol. The molecule has 1 N–H and O–H groups in total. The van der Waals surface area contributed by atoms with Crippen LogP contribution >= 0.6 is 0 Å². The Labute approximate surface area is 176 Å². The van der Waals surface area contributed by atoms with E-state index in [0.29, 0.717) is 18.2 Å². The molecule has 6 heteroatoms. The summed E-state index contributed by atoms with van der Waals surface area (Å²) in [5.41, 5.74) is 4.67. The fourth-order valence-corrected chi connectivity index (χ4v) is 4.18. The number of hydrogen-bond acceptors (Lipinski definition) is 4. The lowest BCUT2D eigenvalue weighted by atomic mass is 10.0. The largest absolute Gasteiger partial charge is 0.310 e. The fraction of sp³-hybridized carbons (Fsp3) is 0.417. The van der Waals surface area contributed by atoms with Crippen LogP contribution in [0.4, 0.5) is 4.39 Å². The molecule has 1 saturated heterocycles. The minimum Gasteiger partial charge on any atom is -0.310 e. The number of halogens is 1. The van der Waals surface area contributed by atoms with E-state index in [-0.39, 0.29) is 11.4 Å². The highest BCUT2D eigenvalue weighted by Crippen LogP contribution is 2.15. The lowest BCUT2D eigenvalue weighted by molar-refractivity contribution is 0.191. The molecule has 0 radical (unpaired) electrons. The van der Waals surface area contributed by atoms with Gasteiger partial charge in [-0.25, -0.2) is 4.39 Å². The van der Waals surface area contributed by atoms with Crippen molar-refractivity contribution < 1.29 is 4.39 Å². The van der Waals surface area contributed by atoms with Gasteiger partial charge in [0.2, 0.25) is 0 Å². The second kappa shape index (κ2) is 9.06. The van der Waals surface area contributed by atoms with Crippen molar-refractivity contribution in [3.63, 3.8) is 0 Å².